The topological polar surface area (TPSA) is 89.5 Å². The lowest BCUT2D eigenvalue weighted by molar-refractivity contribution is -0.383. The summed E-state index contributed by atoms with van der Waals surface area (Å²) in [6.07, 6.45) is 1.11. The lowest BCUT2D eigenvalue weighted by atomic mass is 10.1. The number of amides is 1. The predicted octanol–water partition coefficient (Wildman–Crippen LogP) is 2.56. The molecule has 0 aliphatic heterocycles. The number of nitrogens with two attached hydrogens (primary N) is 1. The number of carbonyl (C=O) groups excluding carboxylic acids is 1. The minimum atomic E-state index is -0.638. The molecule has 0 aromatic heterocycles. The van der Waals surface area contributed by atoms with E-state index in [2.05, 4.69) is 6.92 Å². The summed E-state index contributed by atoms with van der Waals surface area (Å²) in [4.78, 5) is 24.1. The predicted molar refractivity (Wildman–Crippen MR) is 76.8 cm³/mol. The van der Waals surface area contributed by atoms with Crippen molar-refractivity contribution >= 4 is 28.9 Å². The molecular weight excluding hydrogens is 282 g/mol. The zero-order chi connectivity index (χ0) is 15.0. The largest absolute Gasteiger partial charge is 0.392 e. The van der Waals surface area contributed by atoms with Crippen LogP contribution < -0.4 is 5.73 Å². The Kier molecular flexibility index (Phi) is 3.85. The molecule has 1 fully saturated rings. The number of hydrogen-bond acceptors (Lipinski definition) is 4. The summed E-state index contributed by atoms with van der Waals surface area (Å²) in [5.41, 5.74) is 5.27. The maximum Gasteiger partial charge on any atom is 0.294 e. The number of rotatable bonds is 4. The van der Waals surface area contributed by atoms with E-state index in [1.807, 2.05) is 0 Å². The van der Waals surface area contributed by atoms with Crippen LogP contribution in [0.4, 0.5) is 11.4 Å². The van der Waals surface area contributed by atoms with E-state index in [1.54, 1.807) is 11.9 Å². The Labute approximate surface area is 121 Å². The third-order valence-corrected chi connectivity index (χ3v) is 4.00. The summed E-state index contributed by atoms with van der Waals surface area (Å²) in [6.45, 7) is 2.78. The number of anilines is 1. The SMILES string of the molecule is CC1CC1CN(C)C(=O)c1cc(Cl)c(N)c([N+](=O)[O-])c1. The van der Waals surface area contributed by atoms with Gasteiger partial charge in [-0.25, -0.2) is 0 Å². The van der Waals surface area contributed by atoms with Crippen molar-refractivity contribution in [2.45, 2.75) is 13.3 Å². The molecule has 1 aromatic rings. The van der Waals surface area contributed by atoms with E-state index >= 15 is 0 Å². The summed E-state index contributed by atoms with van der Waals surface area (Å²) in [6, 6.07) is 2.55. The van der Waals surface area contributed by atoms with Gasteiger partial charge in [0.25, 0.3) is 11.6 Å². The molecule has 0 bridgehead atoms. The Bertz CT molecular complexity index is 576. The highest BCUT2D eigenvalue weighted by molar-refractivity contribution is 6.34. The van der Waals surface area contributed by atoms with Gasteiger partial charge in [0.2, 0.25) is 0 Å². The third kappa shape index (κ3) is 2.85. The summed E-state index contributed by atoms with van der Waals surface area (Å²) in [5, 5.41) is 10.9. The maximum atomic E-state index is 12.3. The summed E-state index contributed by atoms with van der Waals surface area (Å²) < 4.78 is 0. The molecule has 7 heteroatoms. The Morgan fingerprint density at radius 1 is 1.60 bits per heavy atom. The van der Waals surface area contributed by atoms with Crippen LogP contribution in [0.2, 0.25) is 5.02 Å². The van der Waals surface area contributed by atoms with Crippen molar-refractivity contribution in [1.82, 2.24) is 4.90 Å². The van der Waals surface area contributed by atoms with E-state index in [9.17, 15) is 14.9 Å². The molecule has 1 aliphatic rings. The number of nitro groups is 1. The highest BCUT2D eigenvalue weighted by atomic mass is 35.5. The molecule has 0 saturated heterocycles. The van der Waals surface area contributed by atoms with E-state index < -0.39 is 4.92 Å². The van der Waals surface area contributed by atoms with Crippen LogP contribution in [0.15, 0.2) is 12.1 Å². The monoisotopic (exact) mass is 297 g/mol. The average molecular weight is 298 g/mol. The fourth-order valence-corrected chi connectivity index (χ4v) is 2.40. The van der Waals surface area contributed by atoms with Crippen LogP contribution >= 0.6 is 11.6 Å². The molecule has 0 spiro atoms. The van der Waals surface area contributed by atoms with E-state index in [0.717, 1.165) is 6.42 Å². The second kappa shape index (κ2) is 5.28. The molecule has 2 atom stereocenters. The van der Waals surface area contributed by atoms with Crippen LogP contribution in [-0.4, -0.2) is 29.3 Å². The van der Waals surface area contributed by atoms with E-state index in [0.29, 0.717) is 18.4 Å². The van der Waals surface area contributed by atoms with Crippen LogP contribution in [0.3, 0.4) is 0 Å². The van der Waals surface area contributed by atoms with Crippen molar-refractivity contribution < 1.29 is 9.72 Å². The first kappa shape index (κ1) is 14.6. The number of hydrogen-bond donors (Lipinski definition) is 1. The van der Waals surface area contributed by atoms with Crippen LogP contribution in [0.25, 0.3) is 0 Å². The molecule has 6 nitrogen and oxygen atoms in total. The van der Waals surface area contributed by atoms with Gasteiger partial charge in [-0.1, -0.05) is 18.5 Å². The summed E-state index contributed by atoms with van der Waals surface area (Å²) >= 11 is 5.85. The molecular formula is C13H16ClN3O3. The lowest BCUT2D eigenvalue weighted by Crippen LogP contribution is -2.29. The van der Waals surface area contributed by atoms with Gasteiger partial charge in [-0.3, -0.25) is 14.9 Å². The first-order chi connectivity index (χ1) is 9.31. The van der Waals surface area contributed by atoms with Crippen molar-refractivity contribution in [3.05, 3.63) is 32.8 Å². The highest BCUT2D eigenvalue weighted by Gasteiger charge is 2.34. The molecule has 1 aromatic carbocycles. The van der Waals surface area contributed by atoms with Crippen LogP contribution in [0.1, 0.15) is 23.7 Å². The normalized spacial score (nSPS) is 20.6. The van der Waals surface area contributed by atoms with Gasteiger partial charge in [-0.2, -0.15) is 0 Å². The van der Waals surface area contributed by atoms with E-state index in [4.69, 9.17) is 17.3 Å². The Morgan fingerprint density at radius 2 is 2.20 bits per heavy atom. The zero-order valence-electron chi connectivity index (χ0n) is 11.3. The number of nitro benzene ring substituents is 1. The van der Waals surface area contributed by atoms with Gasteiger partial charge in [0.15, 0.2) is 0 Å². The van der Waals surface area contributed by atoms with Gasteiger partial charge < -0.3 is 10.6 Å². The average Bonchev–Trinajstić information content (AvgIpc) is 3.06. The van der Waals surface area contributed by atoms with Crippen molar-refractivity contribution in [1.29, 1.82) is 0 Å². The molecule has 0 heterocycles. The smallest absolute Gasteiger partial charge is 0.294 e. The molecule has 2 unspecified atom stereocenters. The van der Waals surface area contributed by atoms with Crippen molar-refractivity contribution in [3.63, 3.8) is 0 Å². The number of nitrogen functional groups attached to an aromatic ring is 1. The number of benzene rings is 1. The van der Waals surface area contributed by atoms with Crippen LogP contribution in [0.5, 0.6) is 0 Å². The van der Waals surface area contributed by atoms with E-state index in [1.165, 1.54) is 12.1 Å². The Balaban J connectivity index is 2.23. The second-order valence-electron chi connectivity index (χ2n) is 5.31. The molecule has 2 rings (SSSR count). The quantitative estimate of drug-likeness (QED) is 0.525. The lowest BCUT2D eigenvalue weighted by Gasteiger charge is -2.17. The molecule has 1 saturated carbocycles. The standard InChI is InChI=1S/C13H16ClN3O3/c1-7-3-9(7)6-16(2)13(18)8-4-10(14)12(15)11(5-8)17(19)20/h4-5,7,9H,3,6,15H2,1-2H3. The van der Waals surface area contributed by atoms with Gasteiger partial charge in [-0.15, -0.1) is 0 Å². The molecule has 0 radical (unpaired) electrons. The second-order valence-corrected chi connectivity index (χ2v) is 5.71. The van der Waals surface area contributed by atoms with Crippen LogP contribution in [0, 0.1) is 22.0 Å². The zero-order valence-corrected chi connectivity index (χ0v) is 12.1. The minimum Gasteiger partial charge on any atom is -0.392 e. The summed E-state index contributed by atoms with van der Waals surface area (Å²) in [7, 11) is 1.68. The molecule has 1 aliphatic carbocycles. The van der Waals surface area contributed by atoms with Gasteiger partial charge in [0.1, 0.15) is 5.69 Å². The highest BCUT2D eigenvalue weighted by Crippen LogP contribution is 2.38. The minimum absolute atomic E-state index is 0.0238. The first-order valence-electron chi connectivity index (χ1n) is 6.30. The summed E-state index contributed by atoms with van der Waals surface area (Å²) in [5.74, 6) is 0.867. The molecule has 2 N–H and O–H groups in total. The van der Waals surface area contributed by atoms with Crippen molar-refractivity contribution in [2.24, 2.45) is 11.8 Å². The van der Waals surface area contributed by atoms with Crippen molar-refractivity contribution in [2.75, 3.05) is 19.3 Å². The van der Waals surface area contributed by atoms with E-state index in [-0.39, 0.29) is 27.9 Å². The van der Waals surface area contributed by atoms with Gasteiger partial charge in [0, 0.05) is 25.2 Å². The molecule has 1 amide bonds. The van der Waals surface area contributed by atoms with Gasteiger partial charge in [0.05, 0.1) is 9.95 Å². The van der Waals surface area contributed by atoms with Gasteiger partial charge in [-0.05, 0) is 24.3 Å². The fraction of sp³-hybridized carbons (Fsp3) is 0.462. The molecule has 20 heavy (non-hydrogen) atoms. The van der Waals surface area contributed by atoms with Gasteiger partial charge >= 0.3 is 0 Å². The van der Waals surface area contributed by atoms with Crippen molar-refractivity contribution in [3.8, 4) is 0 Å². The third-order valence-electron chi connectivity index (χ3n) is 3.68. The number of halogens is 1. The van der Waals surface area contributed by atoms with Crippen LogP contribution in [-0.2, 0) is 0 Å². The Hall–Kier alpha value is -1.82. The Morgan fingerprint density at radius 3 is 2.70 bits per heavy atom. The first-order valence-corrected chi connectivity index (χ1v) is 6.68. The number of nitrogens with zero attached hydrogens (tertiary/aromatic N) is 2. The maximum absolute atomic E-state index is 12.3. The molecule has 108 valence electrons. The number of carbonyl (C=O) groups is 1. The fourth-order valence-electron chi connectivity index (χ4n) is 2.19.